The van der Waals surface area contributed by atoms with Gasteiger partial charge in [-0.05, 0) is 18.2 Å². The first kappa shape index (κ1) is 12.2. The molecule has 0 fully saturated rings. The van der Waals surface area contributed by atoms with E-state index in [1.165, 1.54) is 18.5 Å². The third-order valence-corrected chi connectivity index (χ3v) is 2.92. The highest BCUT2D eigenvalue weighted by Crippen LogP contribution is 2.16. The second kappa shape index (κ2) is 4.55. The van der Waals surface area contributed by atoms with Gasteiger partial charge < -0.3 is 11.1 Å². The van der Waals surface area contributed by atoms with Crippen molar-refractivity contribution in [2.45, 2.75) is 4.90 Å². The van der Waals surface area contributed by atoms with Gasteiger partial charge in [0, 0.05) is 5.69 Å². The van der Waals surface area contributed by atoms with Crippen molar-refractivity contribution in [2.24, 2.45) is 5.14 Å². The molecule has 8 nitrogen and oxygen atoms in total. The van der Waals surface area contributed by atoms with Gasteiger partial charge in [0.05, 0.1) is 4.90 Å². The number of nitrogen functional groups attached to an aromatic ring is 1. The number of primary sulfonamides is 1. The number of anilines is 3. The Hall–Kier alpha value is -2.26. The number of sulfonamides is 1. The highest BCUT2D eigenvalue weighted by molar-refractivity contribution is 7.89. The SMILES string of the molecule is Nc1ncnc(Nc2cccc(S(N)(=O)=O)c2)n1. The molecule has 0 bridgehead atoms. The average Bonchev–Trinajstić information content (AvgIpc) is 2.28. The van der Waals surface area contributed by atoms with E-state index in [1.807, 2.05) is 0 Å². The van der Waals surface area contributed by atoms with Crippen LogP contribution in [0.4, 0.5) is 17.6 Å². The Labute approximate surface area is 103 Å². The van der Waals surface area contributed by atoms with Crippen molar-refractivity contribution in [1.29, 1.82) is 0 Å². The van der Waals surface area contributed by atoms with E-state index in [0.717, 1.165) is 0 Å². The van der Waals surface area contributed by atoms with Gasteiger partial charge in [-0.3, -0.25) is 0 Å². The predicted octanol–water partition coefficient (Wildman–Crippen LogP) is -0.155. The van der Waals surface area contributed by atoms with Gasteiger partial charge >= 0.3 is 0 Å². The lowest BCUT2D eigenvalue weighted by Gasteiger charge is -2.05. The van der Waals surface area contributed by atoms with Gasteiger partial charge in [0.15, 0.2) is 0 Å². The van der Waals surface area contributed by atoms with Crippen molar-refractivity contribution in [1.82, 2.24) is 15.0 Å². The number of benzene rings is 1. The number of nitrogens with two attached hydrogens (primary N) is 2. The fourth-order valence-corrected chi connectivity index (χ4v) is 1.81. The maximum absolute atomic E-state index is 11.2. The number of rotatable bonds is 3. The van der Waals surface area contributed by atoms with Crippen molar-refractivity contribution in [3.63, 3.8) is 0 Å². The molecule has 18 heavy (non-hydrogen) atoms. The second-order valence-corrected chi connectivity index (χ2v) is 4.93. The summed E-state index contributed by atoms with van der Waals surface area (Å²) in [5.74, 6) is 0.282. The van der Waals surface area contributed by atoms with Crippen molar-refractivity contribution in [3.05, 3.63) is 30.6 Å². The fourth-order valence-electron chi connectivity index (χ4n) is 1.25. The quantitative estimate of drug-likeness (QED) is 0.702. The Morgan fingerprint density at radius 1 is 1.22 bits per heavy atom. The zero-order valence-corrected chi connectivity index (χ0v) is 9.92. The van der Waals surface area contributed by atoms with E-state index in [4.69, 9.17) is 10.9 Å². The molecular formula is C9H10N6O2S. The number of hydrogen-bond acceptors (Lipinski definition) is 7. The summed E-state index contributed by atoms with van der Waals surface area (Å²) in [4.78, 5) is 11.3. The lowest BCUT2D eigenvalue weighted by molar-refractivity contribution is 0.598. The highest BCUT2D eigenvalue weighted by Gasteiger charge is 2.08. The van der Waals surface area contributed by atoms with Crippen LogP contribution >= 0.6 is 0 Å². The molecule has 0 saturated carbocycles. The van der Waals surface area contributed by atoms with Crippen molar-refractivity contribution >= 4 is 27.6 Å². The van der Waals surface area contributed by atoms with Crippen LogP contribution in [0.3, 0.4) is 0 Å². The smallest absolute Gasteiger partial charge is 0.238 e. The van der Waals surface area contributed by atoms with E-state index in [0.29, 0.717) is 5.69 Å². The third kappa shape index (κ3) is 2.90. The van der Waals surface area contributed by atoms with Gasteiger partial charge in [-0.1, -0.05) is 6.07 Å². The van der Waals surface area contributed by atoms with Crippen molar-refractivity contribution < 1.29 is 8.42 Å². The highest BCUT2D eigenvalue weighted by atomic mass is 32.2. The normalized spacial score (nSPS) is 11.2. The fraction of sp³-hybridized carbons (Fsp3) is 0. The standard InChI is InChI=1S/C9H10N6O2S/c10-8-12-5-13-9(15-8)14-6-2-1-3-7(4-6)18(11,16)17/h1-5H,(H2,11,16,17)(H3,10,12,13,14,15). The molecule has 1 heterocycles. The molecule has 1 aromatic carbocycles. The Bertz CT molecular complexity index is 672. The molecule has 0 radical (unpaired) electrons. The topological polar surface area (TPSA) is 137 Å². The van der Waals surface area contributed by atoms with Crippen molar-refractivity contribution in [2.75, 3.05) is 11.1 Å². The largest absolute Gasteiger partial charge is 0.368 e. The number of aromatic nitrogens is 3. The summed E-state index contributed by atoms with van der Waals surface area (Å²) in [6.07, 6.45) is 1.24. The minimum Gasteiger partial charge on any atom is -0.368 e. The van der Waals surface area contributed by atoms with Crippen LogP contribution in [-0.4, -0.2) is 23.4 Å². The summed E-state index contributed by atoms with van der Waals surface area (Å²) >= 11 is 0. The molecule has 0 saturated heterocycles. The predicted molar refractivity (Wildman–Crippen MR) is 65.3 cm³/mol. The summed E-state index contributed by atoms with van der Waals surface area (Å²) in [6.45, 7) is 0. The second-order valence-electron chi connectivity index (χ2n) is 3.37. The van der Waals surface area contributed by atoms with Gasteiger partial charge in [-0.15, -0.1) is 0 Å². The van der Waals surface area contributed by atoms with Gasteiger partial charge in [-0.2, -0.15) is 4.98 Å². The van der Waals surface area contributed by atoms with E-state index < -0.39 is 10.0 Å². The van der Waals surface area contributed by atoms with Gasteiger partial charge in [0.1, 0.15) is 6.33 Å². The molecule has 2 rings (SSSR count). The molecule has 9 heteroatoms. The minimum atomic E-state index is -3.74. The third-order valence-electron chi connectivity index (χ3n) is 2.01. The molecule has 0 atom stereocenters. The van der Waals surface area contributed by atoms with Gasteiger partial charge in [-0.25, -0.2) is 23.5 Å². The van der Waals surface area contributed by atoms with Crippen LogP contribution in [0.2, 0.25) is 0 Å². The van der Waals surface area contributed by atoms with Crippen LogP contribution in [0.5, 0.6) is 0 Å². The summed E-state index contributed by atoms with van der Waals surface area (Å²) < 4.78 is 22.4. The average molecular weight is 266 g/mol. The first-order valence-electron chi connectivity index (χ1n) is 4.79. The van der Waals surface area contributed by atoms with E-state index in [2.05, 4.69) is 20.3 Å². The zero-order valence-electron chi connectivity index (χ0n) is 9.11. The first-order valence-corrected chi connectivity index (χ1v) is 6.34. The molecule has 0 aliphatic rings. The number of nitrogens with zero attached hydrogens (tertiary/aromatic N) is 3. The van der Waals surface area contributed by atoms with Crippen LogP contribution in [0.1, 0.15) is 0 Å². The lowest BCUT2D eigenvalue weighted by Crippen LogP contribution is -2.12. The lowest BCUT2D eigenvalue weighted by atomic mass is 10.3. The molecule has 0 unspecified atom stereocenters. The molecule has 5 N–H and O–H groups in total. The van der Waals surface area contributed by atoms with Crippen LogP contribution in [0, 0.1) is 0 Å². The van der Waals surface area contributed by atoms with Gasteiger partial charge in [0.25, 0.3) is 0 Å². The molecule has 1 aromatic heterocycles. The summed E-state index contributed by atoms with van der Waals surface area (Å²) in [7, 11) is -3.74. The Kier molecular flexibility index (Phi) is 3.08. The Morgan fingerprint density at radius 3 is 2.67 bits per heavy atom. The van der Waals surface area contributed by atoms with Crippen LogP contribution < -0.4 is 16.2 Å². The Balaban J connectivity index is 2.30. The summed E-state index contributed by atoms with van der Waals surface area (Å²) in [5.41, 5.74) is 5.87. The van der Waals surface area contributed by atoms with E-state index in [-0.39, 0.29) is 16.8 Å². The molecule has 0 spiro atoms. The first-order chi connectivity index (χ1) is 8.45. The van der Waals surface area contributed by atoms with Crippen LogP contribution in [0.25, 0.3) is 0 Å². The monoisotopic (exact) mass is 266 g/mol. The molecule has 94 valence electrons. The summed E-state index contributed by atoms with van der Waals surface area (Å²) in [6, 6.07) is 5.96. The van der Waals surface area contributed by atoms with E-state index in [9.17, 15) is 8.42 Å². The van der Waals surface area contributed by atoms with E-state index in [1.54, 1.807) is 12.1 Å². The molecule has 0 amide bonds. The zero-order chi connectivity index (χ0) is 13.2. The van der Waals surface area contributed by atoms with Crippen LogP contribution in [0.15, 0.2) is 35.5 Å². The number of hydrogen-bond donors (Lipinski definition) is 3. The molecule has 2 aromatic rings. The van der Waals surface area contributed by atoms with Gasteiger partial charge in [0.2, 0.25) is 21.9 Å². The minimum absolute atomic E-state index is 0.00507. The molecule has 0 aliphatic heterocycles. The number of nitrogens with one attached hydrogen (secondary N) is 1. The van der Waals surface area contributed by atoms with Crippen molar-refractivity contribution in [3.8, 4) is 0 Å². The summed E-state index contributed by atoms with van der Waals surface area (Å²) in [5, 5.41) is 7.82. The Morgan fingerprint density at radius 2 is 2.00 bits per heavy atom. The molecule has 0 aliphatic carbocycles. The van der Waals surface area contributed by atoms with Crippen LogP contribution in [-0.2, 0) is 10.0 Å². The maximum atomic E-state index is 11.2. The van der Waals surface area contributed by atoms with E-state index >= 15 is 0 Å². The molecular weight excluding hydrogens is 256 g/mol. The maximum Gasteiger partial charge on any atom is 0.238 e.